The van der Waals surface area contributed by atoms with E-state index in [4.69, 9.17) is 0 Å². The Morgan fingerprint density at radius 1 is 1.57 bits per heavy atom. The Morgan fingerprint density at radius 3 is 2.93 bits per heavy atom. The van der Waals surface area contributed by atoms with Gasteiger partial charge in [-0.15, -0.1) is 0 Å². The molecule has 3 heteroatoms. The number of nitrogens with zero attached hydrogens (tertiary/aromatic N) is 2. The summed E-state index contributed by atoms with van der Waals surface area (Å²) >= 11 is 0. The monoisotopic (exact) mass is 193 g/mol. The Morgan fingerprint density at radius 2 is 2.43 bits per heavy atom. The minimum atomic E-state index is 0.753. The van der Waals surface area contributed by atoms with Gasteiger partial charge in [0, 0.05) is 12.7 Å². The lowest BCUT2D eigenvalue weighted by Crippen LogP contribution is -2.32. The fourth-order valence-electron chi connectivity index (χ4n) is 2.26. The first-order valence-electron chi connectivity index (χ1n) is 5.52. The van der Waals surface area contributed by atoms with Crippen LogP contribution in [0.1, 0.15) is 31.2 Å². The lowest BCUT2D eigenvalue weighted by Gasteiger charge is -2.36. The van der Waals surface area contributed by atoms with E-state index in [1.165, 1.54) is 18.4 Å². The SMILES string of the molecule is CCn1cc(C2CCC2CNC)cn1. The molecular formula is C11H19N3. The molecule has 0 amide bonds. The molecule has 0 radical (unpaired) electrons. The number of hydrogen-bond donors (Lipinski definition) is 1. The average molecular weight is 193 g/mol. The van der Waals surface area contributed by atoms with Crippen LogP contribution in [0.3, 0.4) is 0 Å². The van der Waals surface area contributed by atoms with Crippen molar-refractivity contribution < 1.29 is 0 Å². The molecule has 0 spiro atoms. The van der Waals surface area contributed by atoms with Crippen molar-refractivity contribution in [3.63, 3.8) is 0 Å². The van der Waals surface area contributed by atoms with Gasteiger partial charge in [-0.3, -0.25) is 4.68 Å². The average Bonchev–Trinajstić information content (AvgIpc) is 2.61. The number of hydrogen-bond acceptors (Lipinski definition) is 2. The second-order valence-corrected chi connectivity index (χ2v) is 4.13. The Labute approximate surface area is 85.5 Å². The molecule has 2 atom stereocenters. The van der Waals surface area contributed by atoms with Gasteiger partial charge < -0.3 is 5.32 Å². The molecule has 1 fully saturated rings. The van der Waals surface area contributed by atoms with Gasteiger partial charge in [0.05, 0.1) is 6.20 Å². The summed E-state index contributed by atoms with van der Waals surface area (Å²) in [5.74, 6) is 1.58. The summed E-state index contributed by atoms with van der Waals surface area (Å²) in [5, 5.41) is 7.59. The summed E-state index contributed by atoms with van der Waals surface area (Å²) in [5.41, 5.74) is 1.43. The van der Waals surface area contributed by atoms with Crippen molar-refractivity contribution in [2.45, 2.75) is 32.2 Å². The van der Waals surface area contributed by atoms with Crippen molar-refractivity contribution in [1.82, 2.24) is 15.1 Å². The first-order chi connectivity index (χ1) is 6.85. The predicted octanol–water partition coefficient (Wildman–Crippen LogP) is 1.62. The van der Waals surface area contributed by atoms with E-state index in [1.54, 1.807) is 0 Å². The maximum absolute atomic E-state index is 4.33. The van der Waals surface area contributed by atoms with E-state index in [0.717, 1.165) is 24.9 Å². The van der Waals surface area contributed by atoms with Gasteiger partial charge in [-0.05, 0) is 50.8 Å². The third-order valence-corrected chi connectivity index (χ3v) is 3.29. The lowest BCUT2D eigenvalue weighted by molar-refractivity contribution is 0.250. The summed E-state index contributed by atoms with van der Waals surface area (Å²) < 4.78 is 2.02. The Hall–Kier alpha value is -0.830. The highest BCUT2D eigenvalue weighted by atomic mass is 15.3. The van der Waals surface area contributed by atoms with Gasteiger partial charge in [0.25, 0.3) is 0 Å². The Bertz CT molecular complexity index is 292. The Kier molecular flexibility index (Phi) is 2.87. The second-order valence-electron chi connectivity index (χ2n) is 4.13. The van der Waals surface area contributed by atoms with Gasteiger partial charge in [0.1, 0.15) is 0 Å². The highest BCUT2D eigenvalue weighted by molar-refractivity contribution is 5.16. The minimum Gasteiger partial charge on any atom is -0.319 e. The molecule has 1 saturated carbocycles. The fourth-order valence-corrected chi connectivity index (χ4v) is 2.26. The minimum absolute atomic E-state index is 0.753. The summed E-state index contributed by atoms with van der Waals surface area (Å²) in [7, 11) is 2.03. The Balaban J connectivity index is 2.00. The molecule has 1 aliphatic rings. The second kappa shape index (κ2) is 4.13. The van der Waals surface area contributed by atoms with Crippen molar-refractivity contribution in [2.24, 2.45) is 5.92 Å². The highest BCUT2D eigenvalue weighted by Crippen LogP contribution is 2.41. The third kappa shape index (κ3) is 1.69. The van der Waals surface area contributed by atoms with Crippen LogP contribution in [0.4, 0.5) is 0 Å². The maximum atomic E-state index is 4.33. The standard InChI is InChI=1S/C11H19N3/c1-3-14-8-10(7-13-14)11-5-4-9(11)6-12-2/h7-9,11-12H,3-6H2,1-2H3. The zero-order valence-electron chi connectivity index (χ0n) is 9.03. The molecule has 1 aromatic rings. The van der Waals surface area contributed by atoms with Crippen LogP contribution in [-0.2, 0) is 6.54 Å². The van der Waals surface area contributed by atoms with Gasteiger partial charge in [-0.2, -0.15) is 5.10 Å². The zero-order valence-corrected chi connectivity index (χ0v) is 9.03. The van der Waals surface area contributed by atoms with Gasteiger partial charge in [0.15, 0.2) is 0 Å². The van der Waals surface area contributed by atoms with E-state index in [-0.39, 0.29) is 0 Å². The molecule has 14 heavy (non-hydrogen) atoms. The largest absolute Gasteiger partial charge is 0.319 e. The topological polar surface area (TPSA) is 29.9 Å². The van der Waals surface area contributed by atoms with Crippen molar-refractivity contribution in [3.05, 3.63) is 18.0 Å². The predicted molar refractivity (Wildman–Crippen MR) is 57.3 cm³/mol. The molecule has 78 valence electrons. The lowest BCUT2D eigenvalue weighted by atomic mass is 9.71. The van der Waals surface area contributed by atoms with Crippen LogP contribution in [0.2, 0.25) is 0 Å². The maximum Gasteiger partial charge on any atom is 0.0524 e. The smallest absolute Gasteiger partial charge is 0.0524 e. The molecule has 0 aliphatic heterocycles. The van der Waals surface area contributed by atoms with Crippen molar-refractivity contribution in [1.29, 1.82) is 0 Å². The van der Waals surface area contributed by atoms with E-state index < -0.39 is 0 Å². The van der Waals surface area contributed by atoms with E-state index in [0.29, 0.717) is 0 Å². The normalized spacial score (nSPS) is 26.1. The molecular weight excluding hydrogens is 174 g/mol. The van der Waals surface area contributed by atoms with E-state index in [1.807, 2.05) is 17.9 Å². The molecule has 0 bridgehead atoms. The van der Waals surface area contributed by atoms with Crippen molar-refractivity contribution in [2.75, 3.05) is 13.6 Å². The summed E-state index contributed by atoms with van der Waals surface area (Å²) in [4.78, 5) is 0. The summed E-state index contributed by atoms with van der Waals surface area (Å²) in [6.45, 7) is 4.24. The molecule has 3 nitrogen and oxygen atoms in total. The van der Waals surface area contributed by atoms with Gasteiger partial charge in [-0.25, -0.2) is 0 Å². The molecule has 0 saturated heterocycles. The molecule has 1 N–H and O–H groups in total. The first-order valence-corrected chi connectivity index (χ1v) is 5.52. The molecule has 1 aliphatic carbocycles. The fraction of sp³-hybridized carbons (Fsp3) is 0.727. The van der Waals surface area contributed by atoms with Crippen LogP contribution in [0, 0.1) is 5.92 Å². The third-order valence-electron chi connectivity index (χ3n) is 3.29. The highest BCUT2D eigenvalue weighted by Gasteiger charge is 2.32. The van der Waals surface area contributed by atoms with Gasteiger partial charge >= 0.3 is 0 Å². The molecule has 2 unspecified atom stereocenters. The van der Waals surface area contributed by atoms with Crippen LogP contribution in [0.5, 0.6) is 0 Å². The van der Waals surface area contributed by atoms with E-state index in [9.17, 15) is 0 Å². The number of nitrogens with one attached hydrogen (secondary N) is 1. The molecule has 0 aromatic carbocycles. The van der Waals surface area contributed by atoms with E-state index in [2.05, 4.69) is 23.5 Å². The summed E-state index contributed by atoms with van der Waals surface area (Å²) in [6.07, 6.45) is 6.94. The quantitative estimate of drug-likeness (QED) is 0.787. The van der Waals surface area contributed by atoms with E-state index >= 15 is 0 Å². The summed E-state index contributed by atoms with van der Waals surface area (Å²) in [6, 6.07) is 0. The van der Waals surface area contributed by atoms with Gasteiger partial charge in [-0.1, -0.05) is 0 Å². The molecule has 2 rings (SSSR count). The van der Waals surface area contributed by atoms with Crippen LogP contribution < -0.4 is 5.32 Å². The van der Waals surface area contributed by atoms with Crippen LogP contribution in [-0.4, -0.2) is 23.4 Å². The molecule has 1 heterocycles. The van der Waals surface area contributed by atoms with Crippen LogP contribution in [0.15, 0.2) is 12.4 Å². The van der Waals surface area contributed by atoms with Gasteiger partial charge in [0.2, 0.25) is 0 Å². The zero-order chi connectivity index (χ0) is 9.97. The number of aryl methyl sites for hydroxylation is 1. The van der Waals surface area contributed by atoms with Crippen LogP contribution >= 0.6 is 0 Å². The molecule has 1 aromatic heterocycles. The number of aromatic nitrogens is 2. The van der Waals surface area contributed by atoms with Crippen molar-refractivity contribution >= 4 is 0 Å². The number of rotatable bonds is 4. The first kappa shape index (κ1) is 9.71. The van der Waals surface area contributed by atoms with Crippen molar-refractivity contribution in [3.8, 4) is 0 Å². The van der Waals surface area contributed by atoms with Crippen LogP contribution in [0.25, 0.3) is 0 Å².